The van der Waals surface area contributed by atoms with Crippen molar-refractivity contribution in [1.82, 2.24) is 19.6 Å². The maximum Gasteiger partial charge on any atom is 0.416 e. The second-order valence-electron chi connectivity index (χ2n) is 8.29. The first-order valence-corrected chi connectivity index (χ1v) is 10.7. The summed E-state index contributed by atoms with van der Waals surface area (Å²) in [5, 5.41) is 14.0. The van der Waals surface area contributed by atoms with Gasteiger partial charge in [-0.25, -0.2) is 4.68 Å². The molecule has 9 heteroatoms. The van der Waals surface area contributed by atoms with E-state index in [1.807, 2.05) is 0 Å². The van der Waals surface area contributed by atoms with Crippen LogP contribution in [-0.2, 0) is 12.8 Å². The third-order valence-electron chi connectivity index (χ3n) is 6.38. The smallest absolute Gasteiger partial charge is 0.390 e. The highest BCUT2D eigenvalue weighted by molar-refractivity contribution is 5.96. The van der Waals surface area contributed by atoms with Crippen molar-refractivity contribution in [3.05, 3.63) is 46.8 Å². The van der Waals surface area contributed by atoms with Crippen LogP contribution in [0.4, 0.5) is 13.2 Å². The number of amides is 1. The number of aliphatic hydroxyl groups excluding tert-OH is 1. The Bertz CT molecular complexity index is 943. The quantitative estimate of drug-likeness (QED) is 0.798. The summed E-state index contributed by atoms with van der Waals surface area (Å²) in [4.78, 5) is 17.5. The molecule has 4 rings (SSSR count). The van der Waals surface area contributed by atoms with Crippen molar-refractivity contribution in [2.24, 2.45) is 0 Å². The van der Waals surface area contributed by atoms with Crippen LogP contribution in [0.2, 0.25) is 0 Å². The summed E-state index contributed by atoms with van der Waals surface area (Å²) >= 11 is 0. The number of aliphatic hydroxyl groups is 1. The van der Waals surface area contributed by atoms with E-state index in [1.54, 1.807) is 11.8 Å². The summed E-state index contributed by atoms with van der Waals surface area (Å²) in [6.07, 6.45) is -0.211. The number of piperidine rings is 1. The van der Waals surface area contributed by atoms with Crippen molar-refractivity contribution in [2.75, 3.05) is 26.2 Å². The molecule has 1 aromatic heterocycles. The largest absolute Gasteiger partial charge is 0.416 e. The minimum Gasteiger partial charge on any atom is -0.390 e. The molecule has 0 bridgehead atoms. The number of hydrogen-bond donors (Lipinski definition) is 1. The molecule has 0 atom stereocenters. The van der Waals surface area contributed by atoms with Crippen LogP contribution in [0.15, 0.2) is 24.3 Å². The normalized spacial score (nSPS) is 18.7. The lowest BCUT2D eigenvalue weighted by atomic mass is 10.0. The van der Waals surface area contributed by atoms with Gasteiger partial charge in [0.15, 0.2) is 0 Å². The van der Waals surface area contributed by atoms with Crippen LogP contribution in [0.5, 0.6) is 0 Å². The van der Waals surface area contributed by atoms with E-state index < -0.39 is 18.3 Å². The lowest BCUT2D eigenvalue weighted by molar-refractivity contribution is -0.137. The molecule has 1 amide bonds. The number of hydrogen-bond acceptors (Lipinski definition) is 4. The third kappa shape index (κ3) is 4.34. The van der Waals surface area contributed by atoms with E-state index in [0.29, 0.717) is 24.8 Å². The van der Waals surface area contributed by atoms with E-state index in [2.05, 4.69) is 10.00 Å². The molecule has 2 aliphatic rings. The number of nitrogens with zero attached hydrogens (tertiary/aromatic N) is 4. The van der Waals surface area contributed by atoms with Gasteiger partial charge in [-0.05, 0) is 63.9 Å². The van der Waals surface area contributed by atoms with Crippen molar-refractivity contribution in [2.45, 2.75) is 51.4 Å². The molecule has 2 fully saturated rings. The predicted molar refractivity (Wildman–Crippen MR) is 109 cm³/mol. The maximum atomic E-state index is 13.3. The zero-order valence-electron chi connectivity index (χ0n) is 17.5. The van der Waals surface area contributed by atoms with E-state index in [-0.39, 0.29) is 22.9 Å². The summed E-state index contributed by atoms with van der Waals surface area (Å²) in [5.74, 6) is -0.223. The first kappa shape index (κ1) is 21.8. The summed E-state index contributed by atoms with van der Waals surface area (Å²) < 4.78 is 40.7. The average Bonchev–Trinajstić information content (AvgIpc) is 3.41. The summed E-state index contributed by atoms with van der Waals surface area (Å²) in [6, 6.07) is 5.30. The lowest BCUT2D eigenvalue weighted by Crippen LogP contribution is -2.46. The number of halogens is 3. The fourth-order valence-electron chi connectivity index (χ4n) is 4.71. The van der Waals surface area contributed by atoms with Crippen LogP contribution in [0, 0.1) is 6.92 Å². The van der Waals surface area contributed by atoms with Gasteiger partial charge in [0.25, 0.3) is 5.91 Å². The Morgan fingerprint density at radius 1 is 1.16 bits per heavy atom. The van der Waals surface area contributed by atoms with Crippen molar-refractivity contribution in [3.63, 3.8) is 0 Å². The molecular formula is C22H27F3N4O2. The molecule has 31 heavy (non-hydrogen) atoms. The number of aromatic nitrogens is 2. The predicted octanol–water partition coefficient (Wildman–Crippen LogP) is 3.39. The molecule has 2 aliphatic heterocycles. The topological polar surface area (TPSA) is 61.6 Å². The SMILES string of the molecule is Cc1c(C(=O)N2CCC(N3CCCC3)CC2)c(CO)nn1-c1cccc(C(F)(F)F)c1. The molecule has 0 aliphatic carbocycles. The Morgan fingerprint density at radius 2 is 1.84 bits per heavy atom. The van der Waals surface area contributed by atoms with Gasteiger partial charge >= 0.3 is 6.18 Å². The van der Waals surface area contributed by atoms with Gasteiger partial charge in [0.1, 0.15) is 5.69 Å². The van der Waals surface area contributed by atoms with E-state index >= 15 is 0 Å². The van der Waals surface area contributed by atoms with E-state index in [0.717, 1.165) is 38.1 Å². The molecule has 2 aromatic rings. The molecule has 2 saturated heterocycles. The Labute approximate surface area is 179 Å². The Kier molecular flexibility index (Phi) is 6.07. The van der Waals surface area contributed by atoms with Gasteiger partial charge in [0.05, 0.1) is 29.1 Å². The fourth-order valence-corrected chi connectivity index (χ4v) is 4.71. The molecule has 0 radical (unpaired) electrons. The van der Waals surface area contributed by atoms with Crippen molar-refractivity contribution in [1.29, 1.82) is 0 Å². The Morgan fingerprint density at radius 3 is 2.45 bits per heavy atom. The molecule has 1 aromatic carbocycles. The maximum absolute atomic E-state index is 13.3. The summed E-state index contributed by atoms with van der Waals surface area (Å²) in [5.41, 5.74) is 0.298. The zero-order valence-corrected chi connectivity index (χ0v) is 17.5. The summed E-state index contributed by atoms with van der Waals surface area (Å²) in [7, 11) is 0. The standard InChI is InChI=1S/C22H27F3N4O2/c1-15-20(21(31)28-11-7-17(8-12-28)27-9-2-3-10-27)19(14-30)26-29(15)18-6-4-5-16(13-18)22(23,24)25/h4-6,13,17,30H,2-3,7-12,14H2,1H3. The number of carbonyl (C=O) groups is 1. The zero-order chi connectivity index (χ0) is 22.2. The van der Waals surface area contributed by atoms with E-state index in [4.69, 9.17) is 0 Å². The van der Waals surface area contributed by atoms with E-state index in [1.165, 1.54) is 29.7 Å². The number of alkyl halides is 3. The second kappa shape index (κ2) is 8.63. The van der Waals surface area contributed by atoms with Crippen LogP contribution < -0.4 is 0 Å². The van der Waals surface area contributed by atoms with Crippen molar-refractivity contribution < 1.29 is 23.1 Å². The molecule has 1 N–H and O–H groups in total. The number of benzene rings is 1. The van der Waals surface area contributed by atoms with Crippen LogP contribution >= 0.6 is 0 Å². The number of likely N-dealkylation sites (tertiary alicyclic amines) is 2. The highest BCUT2D eigenvalue weighted by atomic mass is 19.4. The first-order valence-electron chi connectivity index (χ1n) is 10.7. The van der Waals surface area contributed by atoms with Crippen molar-refractivity contribution in [3.8, 4) is 5.69 Å². The van der Waals surface area contributed by atoms with Crippen LogP contribution in [0.25, 0.3) is 5.69 Å². The number of carbonyl (C=O) groups excluding carboxylic acids is 1. The first-order chi connectivity index (χ1) is 14.8. The Hall–Kier alpha value is -2.39. The highest BCUT2D eigenvalue weighted by Gasteiger charge is 2.33. The van der Waals surface area contributed by atoms with Crippen LogP contribution in [0.3, 0.4) is 0 Å². The van der Waals surface area contributed by atoms with Gasteiger partial charge in [-0.15, -0.1) is 0 Å². The van der Waals surface area contributed by atoms with Crippen LogP contribution in [-0.4, -0.2) is 62.8 Å². The van der Waals surface area contributed by atoms with Gasteiger partial charge in [0, 0.05) is 19.1 Å². The van der Waals surface area contributed by atoms with Crippen LogP contribution in [0.1, 0.15) is 53.0 Å². The van der Waals surface area contributed by atoms with Gasteiger partial charge in [-0.2, -0.15) is 18.3 Å². The molecule has 0 spiro atoms. The molecule has 168 valence electrons. The van der Waals surface area contributed by atoms with Gasteiger partial charge in [0.2, 0.25) is 0 Å². The second-order valence-corrected chi connectivity index (χ2v) is 8.29. The van der Waals surface area contributed by atoms with Gasteiger partial charge in [-0.3, -0.25) is 4.79 Å². The molecule has 3 heterocycles. The third-order valence-corrected chi connectivity index (χ3v) is 6.38. The van der Waals surface area contributed by atoms with Gasteiger partial charge in [-0.1, -0.05) is 6.07 Å². The lowest BCUT2D eigenvalue weighted by Gasteiger charge is -2.36. The van der Waals surface area contributed by atoms with E-state index in [9.17, 15) is 23.1 Å². The average molecular weight is 436 g/mol. The molecule has 6 nitrogen and oxygen atoms in total. The minimum atomic E-state index is -4.48. The van der Waals surface area contributed by atoms with Gasteiger partial charge < -0.3 is 14.9 Å². The molecule has 0 saturated carbocycles. The number of rotatable bonds is 4. The molecule has 0 unspecified atom stereocenters. The minimum absolute atomic E-state index is 0.182. The summed E-state index contributed by atoms with van der Waals surface area (Å²) in [6.45, 7) is 4.68. The molecular weight excluding hydrogens is 409 g/mol. The fraction of sp³-hybridized carbons (Fsp3) is 0.545. The Balaban J connectivity index is 1.57. The monoisotopic (exact) mass is 436 g/mol. The van der Waals surface area contributed by atoms with Crippen molar-refractivity contribution >= 4 is 5.91 Å². The highest BCUT2D eigenvalue weighted by Crippen LogP contribution is 2.31.